The molecule has 5 rings (SSSR count). The number of esters is 1. The van der Waals surface area contributed by atoms with Crippen LogP contribution in [0.1, 0.15) is 88.8 Å². The number of hydrogen-bond donors (Lipinski definition) is 0. The fourth-order valence-corrected chi connectivity index (χ4v) is 8.99. The summed E-state index contributed by atoms with van der Waals surface area (Å²) >= 11 is 1.89. The van der Waals surface area contributed by atoms with Crippen LogP contribution < -0.4 is 0 Å². The van der Waals surface area contributed by atoms with Crippen LogP contribution in [-0.4, -0.2) is 17.1 Å². The van der Waals surface area contributed by atoms with Gasteiger partial charge in [-0.15, -0.1) is 11.3 Å². The number of carbonyl (C=O) groups excluding carboxylic acids is 1. The highest BCUT2D eigenvalue weighted by atomic mass is 32.1. The Bertz CT molecular complexity index is 844. The van der Waals surface area contributed by atoms with Gasteiger partial charge in [-0.05, 0) is 80.5 Å². The Morgan fingerprint density at radius 3 is 2.72 bits per heavy atom. The van der Waals surface area contributed by atoms with E-state index < -0.39 is 0 Å². The number of ether oxygens (including phenoxy) is 1. The van der Waals surface area contributed by atoms with Crippen molar-refractivity contribution >= 4 is 17.3 Å². The summed E-state index contributed by atoms with van der Waals surface area (Å²) in [5.74, 6) is 2.98. The zero-order valence-electron chi connectivity index (χ0n) is 18.4. The third-order valence-corrected chi connectivity index (χ3v) is 10.4. The van der Waals surface area contributed by atoms with Crippen LogP contribution in [-0.2, 0) is 9.53 Å². The normalized spacial score (nSPS) is 43.7. The van der Waals surface area contributed by atoms with Gasteiger partial charge >= 0.3 is 5.97 Å². The fraction of sp³-hybridized carbons (Fsp3) is 0.760. The Hall–Kier alpha value is -1.16. The smallest absolute Gasteiger partial charge is 0.302 e. The van der Waals surface area contributed by atoms with Crippen molar-refractivity contribution in [2.45, 2.75) is 91.1 Å². The molecule has 2 unspecified atom stereocenters. The van der Waals surface area contributed by atoms with E-state index in [0.29, 0.717) is 16.7 Å². The van der Waals surface area contributed by atoms with Gasteiger partial charge in [0.2, 0.25) is 0 Å². The second kappa shape index (κ2) is 6.93. The Labute approximate surface area is 179 Å². The van der Waals surface area contributed by atoms with Crippen LogP contribution in [0.15, 0.2) is 17.0 Å². The molecule has 1 aromatic heterocycles. The summed E-state index contributed by atoms with van der Waals surface area (Å²) in [4.78, 5) is 16.4. The predicted octanol–water partition coefficient (Wildman–Crippen LogP) is 6.43. The van der Waals surface area contributed by atoms with Crippen molar-refractivity contribution in [2.24, 2.45) is 28.6 Å². The molecule has 3 saturated carbocycles. The van der Waals surface area contributed by atoms with Crippen molar-refractivity contribution in [1.29, 1.82) is 0 Å². The third-order valence-electron chi connectivity index (χ3n) is 9.33. The van der Waals surface area contributed by atoms with Gasteiger partial charge in [0.05, 0.1) is 5.01 Å². The first-order valence-corrected chi connectivity index (χ1v) is 12.5. The number of nitrogens with zero attached hydrogens (tertiary/aromatic N) is 1. The number of thiazole rings is 1. The largest absolute Gasteiger partial charge is 0.462 e. The predicted molar refractivity (Wildman–Crippen MR) is 117 cm³/mol. The molecule has 0 saturated heterocycles. The van der Waals surface area contributed by atoms with Crippen LogP contribution in [0.4, 0.5) is 0 Å². The summed E-state index contributed by atoms with van der Waals surface area (Å²) in [6.07, 6.45) is 12.4. The molecule has 7 atom stereocenters. The summed E-state index contributed by atoms with van der Waals surface area (Å²) in [5.41, 5.74) is 3.51. The van der Waals surface area contributed by atoms with Gasteiger partial charge in [-0.25, -0.2) is 4.98 Å². The summed E-state index contributed by atoms with van der Waals surface area (Å²) in [6.45, 7) is 8.79. The van der Waals surface area contributed by atoms with Crippen molar-refractivity contribution in [3.05, 3.63) is 27.7 Å². The first-order chi connectivity index (χ1) is 13.8. The number of aromatic nitrogens is 1. The van der Waals surface area contributed by atoms with Gasteiger partial charge < -0.3 is 4.74 Å². The van der Waals surface area contributed by atoms with Crippen molar-refractivity contribution in [1.82, 2.24) is 4.98 Å². The lowest BCUT2D eigenvalue weighted by atomic mass is 9.47. The number of allylic oxidation sites excluding steroid dienone is 1. The van der Waals surface area contributed by atoms with E-state index in [4.69, 9.17) is 9.72 Å². The van der Waals surface area contributed by atoms with Crippen molar-refractivity contribution in [3.8, 4) is 0 Å². The molecule has 4 aliphatic rings. The molecule has 158 valence electrons. The Kier molecular flexibility index (Phi) is 4.73. The molecular formula is C25H35NO2S. The van der Waals surface area contributed by atoms with E-state index in [-0.39, 0.29) is 12.1 Å². The quantitative estimate of drug-likeness (QED) is 0.414. The average Bonchev–Trinajstić information content (AvgIpc) is 3.24. The molecule has 0 aliphatic heterocycles. The van der Waals surface area contributed by atoms with E-state index in [2.05, 4.69) is 32.2 Å². The minimum Gasteiger partial charge on any atom is -0.462 e. The lowest BCUT2D eigenvalue weighted by Gasteiger charge is -2.58. The van der Waals surface area contributed by atoms with Gasteiger partial charge in [-0.1, -0.05) is 25.5 Å². The topological polar surface area (TPSA) is 39.2 Å². The molecule has 0 aromatic carbocycles. The summed E-state index contributed by atoms with van der Waals surface area (Å²) in [7, 11) is 0. The van der Waals surface area contributed by atoms with Gasteiger partial charge in [-0.2, -0.15) is 0 Å². The van der Waals surface area contributed by atoms with Crippen LogP contribution in [0.2, 0.25) is 0 Å². The zero-order chi connectivity index (χ0) is 20.4. The summed E-state index contributed by atoms with van der Waals surface area (Å²) in [5, 5.41) is 3.63. The second-order valence-corrected chi connectivity index (χ2v) is 11.6. The fourth-order valence-electron chi connectivity index (χ4n) is 7.90. The van der Waals surface area contributed by atoms with E-state index in [1.807, 2.05) is 11.3 Å². The Morgan fingerprint density at radius 2 is 2.00 bits per heavy atom. The van der Waals surface area contributed by atoms with Crippen molar-refractivity contribution in [2.75, 3.05) is 0 Å². The monoisotopic (exact) mass is 413 g/mol. The number of rotatable bonds is 2. The Balaban J connectivity index is 1.40. The first-order valence-electron chi connectivity index (χ1n) is 11.6. The standard InChI is InChI=1S/C25H35NO2S/c1-15-14-29-23(26-15)22-8-7-20-19-6-5-17-13-18(28-16(2)27)9-11-24(17,3)21(19)10-12-25(20,22)4/h5,14,18-22H,6-13H2,1-4H3/t18-,19-,20?,21?,22+,24-,25-/m0/s1. The van der Waals surface area contributed by atoms with E-state index in [0.717, 1.165) is 30.6 Å². The molecule has 4 aliphatic carbocycles. The van der Waals surface area contributed by atoms with E-state index in [1.165, 1.54) is 49.2 Å². The molecule has 1 aromatic rings. The van der Waals surface area contributed by atoms with Crippen LogP contribution >= 0.6 is 11.3 Å². The van der Waals surface area contributed by atoms with Crippen LogP contribution in [0.5, 0.6) is 0 Å². The number of hydrogen-bond acceptors (Lipinski definition) is 4. The lowest BCUT2D eigenvalue weighted by Crippen LogP contribution is -2.50. The maximum atomic E-state index is 11.4. The molecule has 0 amide bonds. The SMILES string of the molecule is CC(=O)O[C@H]1CC[C@@]2(C)C(=CC[C@@H]3C2CC[C@@]2(C)C3CC[C@@H]2c2nc(C)cs2)C1. The summed E-state index contributed by atoms with van der Waals surface area (Å²) in [6, 6.07) is 0. The van der Waals surface area contributed by atoms with Crippen molar-refractivity contribution < 1.29 is 9.53 Å². The molecule has 3 fully saturated rings. The molecule has 1 heterocycles. The van der Waals surface area contributed by atoms with Gasteiger partial charge in [-0.3, -0.25) is 4.79 Å². The van der Waals surface area contributed by atoms with Gasteiger partial charge in [0.1, 0.15) is 6.10 Å². The van der Waals surface area contributed by atoms with Gasteiger partial charge in [0.25, 0.3) is 0 Å². The zero-order valence-corrected chi connectivity index (χ0v) is 19.2. The van der Waals surface area contributed by atoms with E-state index in [1.54, 1.807) is 12.5 Å². The van der Waals surface area contributed by atoms with E-state index in [9.17, 15) is 4.79 Å². The van der Waals surface area contributed by atoms with Crippen LogP contribution in [0.3, 0.4) is 0 Å². The number of fused-ring (bicyclic) bond motifs is 5. The molecular weight excluding hydrogens is 378 g/mol. The number of aryl methyl sites for hydroxylation is 1. The van der Waals surface area contributed by atoms with E-state index >= 15 is 0 Å². The molecule has 0 bridgehead atoms. The maximum absolute atomic E-state index is 11.4. The first kappa shape index (κ1) is 19.8. The highest BCUT2D eigenvalue weighted by Crippen LogP contribution is 2.68. The molecule has 4 heteroatoms. The summed E-state index contributed by atoms with van der Waals surface area (Å²) < 4.78 is 5.59. The minimum atomic E-state index is -0.129. The van der Waals surface area contributed by atoms with Crippen molar-refractivity contribution in [3.63, 3.8) is 0 Å². The molecule has 3 nitrogen and oxygen atoms in total. The second-order valence-electron chi connectivity index (χ2n) is 10.7. The molecule has 0 spiro atoms. The van der Waals surface area contributed by atoms with Crippen LogP contribution in [0.25, 0.3) is 0 Å². The maximum Gasteiger partial charge on any atom is 0.302 e. The molecule has 0 radical (unpaired) electrons. The van der Waals surface area contributed by atoms with Gasteiger partial charge in [0, 0.05) is 30.3 Å². The lowest BCUT2D eigenvalue weighted by molar-refractivity contribution is -0.148. The highest BCUT2D eigenvalue weighted by molar-refractivity contribution is 7.09. The third kappa shape index (κ3) is 3.04. The highest BCUT2D eigenvalue weighted by Gasteiger charge is 2.59. The molecule has 29 heavy (non-hydrogen) atoms. The average molecular weight is 414 g/mol. The van der Waals surface area contributed by atoms with Gasteiger partial charge in [0.15, 0.2) is 0 Å². The number of carbonyl (C=O) groups is 1. The molecule has 0 N–H and O–H groups in total. The van der Waals surface area contributed by atoms with Crippen LogP contribution in [0, 0.1) is 35.5 Å². The minimum absolute atomic E-state index is 0.0984. The Morgan fingerprint density at radius 1 is 1.17 bits per heavy atom.